The van der Waals surface area contributed by atoms with Gasteiger partial charge in [0.1, 0.15) is 10.7 Å². The molecular weight excluding hydrogens is 254 g/mol. The molecule has 0 radical (unpaired) electrons. The maximum atomic E-state index is 12.4. The summed E-state index contributed by atoms with van der Waals surface area (Å²) in [6, 6.07) is 3.01. The highest BCUT2D eigenvalue weighted by atomic mass is 32.2. The van der Waals surface area contributed by atoms with Gasteiger partial charge in [-0.15, -0.1) is 0 Å². The van der Waals surface area contributed by atoms with Crippen molar-refractivity contribution in [2.45, 2.75) is 17.7 Å². The summed E-state index contributed by atoms with van der Waals surface area (Å²) in [5.74, 6) is 0.0232. The second kappa shape index (κ2) is 5.21. The number of hydrogen-bond acceptors (Lipinski definition) is 5. The highest BCUT2D eigenvalue weighted by Crippen LogP contribution is 2.25. The minimum atomic E-state index is -3.60. The number of nitrogens with zero attached hydrogens (tertiary/aromatic N) is 2. The van der Waals surface area contributed by atoms with Gasteiger partial charge < -0.3 is 10.8 Å². The van der Waals surface area contributed by atoms with Crippen molar-refractivity contribution in [2.75, 3.05) is 25.4 Å². The zero-order chi connectivity index (χ0) is 13.2. The molecule has 2 heterocycles. The molecule has 1 saturated heterocycles. The van der Waals surface area contributed by atoms with E-state index in [9.17, 15) is 8.42 Å². The number of pyridine rings is 1. The molecule has 0 aromatic carbocycles. The third-order valence-corrected chi connectivity index (χ3v) is 5.07. The summed E-state index contributed by atoms with van der Waals surface area (Å²) in [6.45, 7) is 0.814. The fraction of sp³-hybridized carbons (Fsp3) is 0.545. The third kappa shape index (κ3) is 2.47. The predicted molar refractivity (Wildman–Crippen MR) is 67.2 cm³/mol. The lowest BCUT2D eigenvalue weighted by Gasteiger charge is -2.31. The van der Waals surface area contributed by atoms with Crippen LogP contribution in [0.5, 0.6) is 0 Å². The van der Waals surface area contributed by atoms with Crippen LogP contribution in [0.3, 0.4) is 0 Å². The van der Waals surface area contributed by atoms with Crippen molar-refractivity contribution in [3.63, 3.8) is 0 Å². The Bertz CT molecular complexity index is 518. The molecule has 0 bridgehead atoms. The van der Waals surface area contributed by atoms with Gasteiger partial charge in [0.25, 0.3) is 0 Å². The van der Waals surface area contributed by atoms with Gasteiger partial charge in [-0.25, -0.2) is 13.4 Å². The molecule has 1 aromatic rings. The van der Waals surface area contributed by atoms with E-state index in [0.29, 0.717) is 13.1 Å². The number of sulfonamides is 1. The van der Waals surface area contributed by atoms with Gasteiger partial charge in [-0.05, 0) is 30.9 Å². The molecule has 3 N–H and O–H groups in total. The molecule has 0 saturated carbocycles. The Morgan fingerprint density at radius 2 is 2.33 bits per heavy atom. The number of hydrogen-bond donors (Lipinski definition) is 2. The second-order valence-electron chi connectivity index (χ2n) is 4.44. The first-order valence-electron chi connectivity index (χ1n) is 5.87. The number of anilines is 1. The summed E-state index contributed by atoms with van der Waals surface area (Å²) < 4.78 is 26.2. The average Bonchev–Trinajstić information content (AvgIpc) is 2.39. The van der Waals surface area contributed by atoms with Crippen LogP contribution in [0.1, 0.15) is 12.8 Å². The number of piperidine rings is 1. The van der Waals surface area contributed by atoms with Crippen LogP contribution < -0.4 is 5.73 Å². The van der Waals surface area contributed by atoms with Crippen molar-refractivity contribution in [2.24, 2.45) is 5.92 Å². The minimum Gasteiger partial charge on any atom is -0.396 e. The second-order valence-corrected chi connectivity index (χ2v) is 6.35. The summed E-state index contributed by atoms with van der Waals surface area (Å²) in [5.41, 5.74) is 5.61. The standard InChI is InChI=1S/C11H17N3O3S/c12-11-10(4-1-5-13-11)18(16,17)14-6-2-3-9(7-14)8-15/h1,4-5,9,15H,2-3,6-8H2,(H2,12,13). The van der Waals surface area contributed by atoms with E-state index in [4.69, 9.17) is 10.8 Å². The highest BCUT2D eigenvalue weighted by molar-refractivity contribution is 7.89. The van der Waals surface area contributed by atoms with Crippen LogP contribution in [-0.2, 0) is 10.0 Å². The Labute approximate surface area is 106 Å². The van der Waals surface area contributed by atoms with E-state index in [1.54, 1.807) is 6.07 Å². The number of aliphatic hydroxyl groups is 1. The van der Waals surface area contributed by atoms with E-state index in [-0.39, 0.29) is 23.2 Å². The molecule has 1 aliphatic rings. The van der Waals surface area contributed by atoms with Crippen LogP contribution in [0.2, 0.25) is 0 Å². The van der Waals surface area contributed by atoms with Crippen molar-refractivity contribution in [1.82, 2.24) is 9.29 Å². The van der Waals surface area contributed by atoms with Crippen LogP contribution >= 0.6 is 0 Å². The number of nitrogens with two attached hydrogens (primary N) is 1. The van der Waals surface area contributed by atoms with Crippen LogP contribution in [0.15, 0.2) is 23.2 Å². The summed E-state index contributed by atoms with van der Waals surface area (Å²) >= 11 is 0. The van der Waals surface area contributed by atoms with E-state index in [2.05, 4.69) is 4.98 Å². The van der Waals surface area contributed by atoms with Gasteiger partial charge in [0.2, 0.25) is 10.0 Å². The Morgan fingerprint density at radius 1 is 1.56 bits per heavy atom. The smallest absolute Gasteiger partial charge is 0.246 e. The normalized spacial score (nSPS) is 21.9. The molecule has 18 heavy (non-hydrogen) atoms. The van der Waals surface area contributed by atoms with Gasteiger partial charge in [-0.1, -0.05) is 0 Å². The topological polar surface area (TPSA) is 96.5 Å². The SMILES string of the molecule is Nc1ncccc1S(=O)(=O)N1CCCC(CO)C1. The molecule has 7 heteroatoms. The maximum Gasteiger partial charge on any atom is 0.246 e. The molecule has 0 aliphatic carbocycles. The first-order valence-corrected chi connectivity index (χ1v) is 7.31. The fourth-order valence-corrected chi connectivity index (χ4v) is 3.78. The summed E-state index contributed by atoms with van der Waals surface area (Å²) in [6.07, 6.45) is 3.07. The van der Waals surface area contributed by atoms with Gasteiger partial charge in [-0.2, -0.15) is 4.31 Å². The number of aliphatic hydroxyl groups excluding tert-OH is 1. The van der Waals surface area contributed by atoms with E-state index < -0.39 is 10.0 Å². The lowest BCUT2D eigenvalue weighted by atomic mass is 10.0. The van der Waals surface area contributed by atoms with E-state index in [0.717, 1.165) is 12.8 Å². The van der Waals surface area contributed by atoms with Crippen LogP contribution in [0, 0.1) is 5.92 Å². The highest BCUT2D eigenvalue weighted by Gasteiger charge is 2.31. The zero-order valence-corrected chi connectivity index (χ0v) is 10.8. The van der Waals surface area contributed by atoms with E-state index in [1.165, 1.54) is 16.6 Å². The molecular formula is C11H17N3O3S. The van der Waals surface area contributed by atoms with Crippen molar-refractivity contribution >= 4 is 15.8 Å². The number of rotatable bonds is 3. The quantitative estimate of drug-likeness (QED) is 0.810. The first kappa shape index (κ1) is 13.3. The molecule has 100 valence electrons. The molecule has 1 atom stereocenters. The molecule has 1 aromatic heterocycles. The van der Waals surface area contributed by atoms with Gasteiger partial charge in [0.05, 0.1) is 0 Å². The molecule has 0 spiro atoms. The van der Waals surface area contributed by atoms with Crippen molar-refractivity contribution in [3.05, 3.63) is 18.3 Å². The average molecular weight is 271 g/mol. The number of aromatic nitrogens is 1. The summed E-state index contributed by atoms with van der Waals surface area (Å²) in [7, 11) is -3.60. The Hall–Kier alpha value is -1.18. The Morgan fingerprint density at radius 3 is 3.00 bits per heavy atom. The van der Waals surface area contributed by atoms with Crippen molar-refractivity contribution in [1.29, 1.82) is 0 Å². The van der Waals surface area contributed by atoms with Gasteiger partial charge in [-0.3, -0.25) is 0 Å². The monoisotopic (exact) mass is 271 g/mol. The largest absolute Gasteiger partial charge is 0.396 e. The molecule has 2 rings (SSSR count). The Balaban J connectivity index is 2.29. The van der Waals surface area contributed by atoms with Crippen molar-refractivity contribution in [3.8, 4) is 0 Å². The minimum absolute atomic E-state index is 0.00595. The molecule has 6 nitrogen and oxygen atoms in total. The Kier molecular flexibility index (Phi) is 3.84. The lowest BCUT2D eigenvalue weighted by molar-refractivity contribution is 0.165. The predicted octanol–water partition coefficient (Wildman–Crippen LogP) is 0.0568. The van der Waals surface area contributed by atoms with Crippen molar-refractivity contribution < 1.29 is 13.5 Å². The van der Waals surface area contributed by atoms with Crippen LogP contribution in [-0.4, -0.2) is 42.5 Å². The maximum absolute atomic E-state index is 12.4. The fourth-order valence-electron chi connectivity index (χ4n) is 2.15. The van der Waals surface area contributed by atoms with Gasteiger partial charge in [0, 0.05) is 25.9 Å². The van der Waals surface area contributed by atoms with Crippen LogP contribution in [0.25, 0.3) is 0 Å². The third-order valence-electron chi connectivity index (χ3n) is 3.16. The summed E-state index contributed by atoms with van der Waals surface area (Å²) in [4.78, 5) is 3.85. The van der Waals surface area contributed by atoms with E-state index >= 15 is 0 Å². The van der Waals surface area contributed by atoms with Gasteiger partial charge in [0.15, 0.2) is 0 Å². The zero-order valence-electron chi connectivity index (χ0n) is 9.99. The summed E-state index contributed by atoms with van der Waals surface area (Å²) in [5, 5.41) is 9.14. The lowest BCUT2D eigenvalue weighted by Crippen LogP contribution is -2.41. The molecule has 1 fully saturated rings. The van der Waals surface area contributed by atoms with Crippen LogP contribution in [0.4, 0.5) is 5.82 Å². The molecule has 0 amide bonds. The first-order chi connectivity index (χ1) is 8.55. The number of nitrogen functional groups attached to an aromatic ring is 1. The van der Waals surface area contributed by atoms with E-state index in [1.807, 2.05) is 0 Å². The van der Waals surface area contributed by atoms with Gasteiger partial charge >= 0.3 is 0 Å². The molecule has 1 unspecified atom stereocenters. The molecule has 1 aliphatic heterocycles.